The molecule has 1 fully saturated rings. The van der Waals surface area contributed by atoms with Gasteiger partial charge in [0.2, 0.25) is 0 Å². The van der Waals surface area contributed by atoms with Crippen LogP contribution in [-0.2, 0) is 0 Å². The molecule has 1 heterocycles. The Labute approximate surface area is 120 Å². The number of halogens is 1. The Morgan fingerprint density at radius 3 is 2.32 bits per heavy atom. The zero-order valence-corrected chi connectivity index (χ0v) is 12.5. The van der Waals surface area contributed by atoms with Gasteiger partial charge in [0.05, 0.1) is 16.3 Å². The Morgan fingerprint density at radius 1 is 1.16 bits per heavy atom. The van der Waals surface area contributed by atoms with Crippen molar-refractivity contribution < 1.29 is 0 Å². The highest BCUT2D eigenvalue weighted by atomic mass is 35.5. The van der Waals surface area contributed by atoms with E-state index in [9.17, 15) is 5.26 Å². The highest BCUT2D eigenvalue weighted by Crippen LogP contribution is 2.28. The van der Waals surface area contributed by atoms with E-state index in [1.165, 1.54) is 0 Å². The van der Waals surface area contributed by atoms with Crippen molar-refractivity contribution in [3.05, 3.63) is 28.8 Å². The van der Waals surface area contributed by atoms with Crippen LogP contribution in [0.25, 0.3) is 0 Å². The lowest BCUT2D eigenvalue weighted by atomic mass is 10.0. The van der Waals surface area contributed by atoms with E-state index in [0.717, 1.165) is 31.9 Å². The Bertz CT molecular complexity index is 491. The lowest BCUT2D eigenvalue weighted by Gasteiger charge is -2.43. The van der Waals surface area contributed by atoms with Crippen LogP contribution in [0.5, 0.6) is 0 Å². The summed E-state index contributed by atoms with van der Waals surface area (Å²) in [4.78, 5) is 4.73. The third kappa shape index (κ3) is 3.02. The molecule has 0 aliphatic carbocycles. The minimum Gasteiger partial charge on any atom is -0.368 e. The van der Waals surface area contributed by atoms with Crippen LogP contribution in [0.1, 0.15) is 26.3 Å². The van der Waals surface area contributed by atoms with Gasteiger partial charge < -0.3 is 4.90 Å². The number of benzene rings is 1. The zero-order valence-electron chi connectivity index (χ0n) is 11.8. The van der Waals surface area contributed by atoms with Gasteiger partial charge in [-0.1, -0.05) is 17.7 Å². The molecule has 0 spiro atoms. The van der Waals surface area contributed by atoms with Crippen molar-refractivity contribution in [1.82, 2.24) is 4.90 Å². The number of nitrogens with zero attached hydrogens (tertiary/aromatic N) is 3. The average molecular weight is 278 g/mol. The molecule has 1 aliphatic rings. The number of piperazine rings is 1. The van der Waals surface area contributed by atoms with Crippen LogP contribution in [0.15, 0.2) is 18.2 Å². The van der Waals surface area contributed by atoms with E-state index in [1.807, 2.05) is 12.1 Å². The molecular formula is C15H20ClN3. The lowest BCUT2D eigenvalue weighted by Crippen LogP contribution is -2.53. The van der Waals surface area contributed by atoms with Crippen LogP contribution in [0.3, 0.4) is 0 Å². The van der Waals surface area contributed by atoms with E-state index in [0.29, 0.717) is 10.6 Å². The summed E-state index contributed by atoms with van der Waals surface area (Å²) in [7, 11) is 0. The van der Waals surface area contributed by atoms with Crippen LogP contribution in [0.2, 0.25) is 5.02 Å². The Hall–Kier alpha value is -1.24. The van der Waals surface area contributed by atoms with E-state index >= 15 is 0 Å². The maximum atomic E-state index is 9.24. The Kier molecular flexibility index (Phi) is 4.03. The summed E-state index contributed by atoms with van der Waals surface area (Å²) in [5, 5.41) is 9.78. The van der Waals surface area contributed by atoms with Crippen LogP contribution in [-0.4, -0.2) is 36.6 Å². The van der Waals surface area contributed by atoms with Crippen molar-refractivity contribution in [1.29, 1.82) is 5.26 Å². The van der Waals surface area contributed by atoms with Crippen LogP contribution >= 0.6 is 11.6 Å². The van der Waals surface area contributed by atoms with Crippen molar-refractivity contribution in [3.8, 4) is 6.07 Å². The first-order chi connectivity index (χ1) is 8.93. The quantitative estimate of drug-likeness (QED) is 0.790. The monoisotopic (exact) mass is 277 g/mol. The van der Waals surface area contributed by atoms with Crippen molar-refractivity contribution >= 4 is 17.3 Å². The number of hydrogen-bond donors (Lipinski definition) is 0. The third-order valence-electron chi connectivity index (χ3n) is 3.67. The maximum absolute atomic E-state index is 9.24. The van der Waals surface area contributed by atoms with Gasteiger partial charge in [0.25, 0.3) is 0 Å². The molecule has 0 unspecified atom stereocenters. The molecule has 0 saturated carbocycles. The Balaban J connectivity index is 2.15. The number of nitriles is 1. The molecule has 0 aromatic heterocycles. The smallest absolute Gasteiger partial charge is 0.103 e. The van der Waals surface area contributed by atoms with Crippen LogP contribution in [0, 0.1) is 11.3 Å². The van der Waals surface area contributed by atoms with Crippen LogP contribution in [0.4, 0.5) is 5.69 Å². The molecule has 4 heteroatoms. The van der Waals surface area contributed by atoms with Gasteiger partial charge in [0.15, 0.2) is 0 Å². The second-order valence-electron chi connectivity index (χ2n) is 5.89. The first kappa shape index (κ1) is 14.2. The standard InChI is InChI=1S/C15H20ClN3/c1-15(2,3)19-9-7-18(8-10-19)14-6-4-5-13(16)12(14)11-17/h4-6H,7-10H2,1-3H3. The van der Waals surface area contributed by atoms with E-state index < -0.39 is 0 Å². The van der Waals surface area contributed by atoms with Gasteiger partial charge in [0.1, 0.15) is 6.07 Å². The molecule has 0 amide bonds. The molecule has 19 heavy (non-hydrogen) atoms. The van der Waals surface area contributed by atoms with Crippen molar-refractivity contribution in [2.24, 2.45) is 0 Å². The topological polar surface area (TPSA) is 30.3 Å². The van der Waals surface area contributed by atoms with E-state index in [1.54, 1.807) is 6.07 Å². The summed E-state index contributed by atoms with van der Waals surface area (Å²) in [5.74, 6) is 0. The van der Waals surface area contributed by atoms with E-state index in [-0.39, 0.29) is 5.54 Å². The minimum absolute atomic E-state index is 0.207. The largest absolute Gasteiger partial charge is 0.368 e. The van der Waals surface area contributed by atoms with E-state index in [2.05, 4.69) is 36.6 Å². The normalized spacial score (nSPS) is 17.3. The minimum atomic E-state index is 0.207. The summed E-state index contributed by atoms with van der Waals surface area (Å²) < 4.78 is 0. The third-order valence-corrected chi connectivity index (χ3v) is 3.99. The maximum Gasteiger partial charge on any atom is 0.103 e. The van der Waals surface area contributed by atoms with Gasteiger partial charge in [0, 0.05) is 31.7 Å². The predicted molar refractivity (Wildman–Crippen MR) is 79.7 cm³/mol. The first-order valence-corrected chi connectivity index (χ1v) is 7.00. The van der Waals surface area contributed by atoms with Crippen LogP contribution < -0.4 is 4.90 Å². The van der Waals surface area contributed by atoms with Gasteiger partial charge in [-0.2, -0.15) is 5.26 Å². The highest BCUT2D eigenvalue weighted by Gasteiger charge is 2.26. The molecule has 0 N–H and O–H groups in total. The van der Waals surface area contributed by atoms with Crippen molar-refractivity contribution in [2.45, 2.75) is 26.3 Å². The van der Waals surface area contributed by atoms with Crippen molar-refractivity contribution in [3.63, 3.8) is 0 Å². The van der Waals surface area contributed by atoms with Gasteiger partial charge in [-0.3, -0.25) is 4.90 Å². The fraction of sp³-hybridized carbons (Fsp3) is 0.533. The second-order valence-corrected chi connectivity index (χ2v) is 6.30. The fourth-order valence-corrected chi connectivity index (χ4v) is 2.72. The molecule has 102 valence electrons. The van der Waals surface area contributed by atoms with Gasteiger partial charge in [-0.25, -0.2) is 0 Å². The summed E-state index contributed by atoms with van der Waals surface area (Å²) >= 11 is 6.09. The summed E-state index contributed by atoms with van der Waals surface area (Å²) in [6.45, 7) is 10.6. The SMILES string of the molecule is CC(C)(C)N1CCN(c2cccc(Cl)c2C#N)CC1. The Morgan fingerprint density at radius 2 is 1.79 bits per heavy atom. The molecular weight excluding hydrogens is 258 g/mol. The number of rotatable bonds is 1. The molecule has 0 bridgehead atoms. The average Bonchev–Trinajstić information content (AvgIpc) is 2.37. The molecule has 0 atom stereocenters. The fourth-order valence-electron chi connectivity index (χ4n) is 2.51. The van der Waals surface area contributed by atoms with Gasteiger partial charge in [-0.15, -0.1) is 0 Å². The molecule has 0 radical (unpaired) electrons. The first-order valence-electron chi connectivity index (χ1n) is 6.62. The molecule has 1 aromatic rings. The highest BCUT2D eigenvalue weighted by molar-refractivity contribution is 6.32. The molecule has 3 nitrogen and oxygen atoms in total. The molecule has 1 aliphatic heterocycles. The van der Waals surface area contributed by atoms with Gasteiger partial charge >= 0.3 is 0 Å². The molecule has 2 rings (SSSR count). The zero-order chi connectivity index (χ0) is 14.0. The summed E-state index contributed by atoms with van der Waals surface area (Å²) in [6.07, 6.45) is 0. The summed E-state index contributed by atoms with van der Waals surface area (Å²) in [6, 6.07) is 7.88. The second kappa shape index (κ2) is 5.40. The van der Waals surface area contributed by atoms with Crippen molar-refractivity contribution in [2.75, 3.05) is 31.1 Å². The summed E-state index contributed by atoms with van der Waals surface area (Å²) in [5.41, 5.74) is 1.76. The lowest BCUT2D eigenvalue weighted by molar-refractivity contribution is 0.128. The van der Waals surface area contributed by atoms with E-state index in [4.69, 9.17) is 11.6 Å². The number of hydrogen-bond acceptors (Lipinski definition) is 3. The number of anilines is 1. The predicted octanol–water partition coefficient (Wildman–Crippen LogP) is 3.13. The molecule has 1 saturated heterocycles. The molecule has 1 aromatic carbocycles. The van der Waals surface area contributed by atoms with Gasteiger partial charge in [-0.05, 0) is 32.9 Å².